The number of aromatic nitrogens is 1. The van der Waals surface area contributed by atoms with Gasteiger partial charge in [-0.1, -0.05) is 18.2 Å². The molecule has 4 aromatic rings. The van der Waals surface area contributed by atoms with Crippen LogP contribution in [0.4, 0.5) is 11.4 Å². The average molecular weight is 587 g/mol. The summed E-state index contributed by atoms with van der Waals surface area (Å²) < 4.78 is 0.605. The van der Waals surface area contributed by atoms with Crippen LogP contribution in [-0.4, -0.2) is 35.3 Å². The summed E-state index contributed by atoms with van der Waals surface area (Å²) in [4.78, 5) is 46.5. The molecule has 3 heterocycles. The number of carbonyl (C=O) groups is 3. The fourth-order valence-electron chi connectivity index (χ4n) is 4.51. The van der Waals surface area contributed by atoms with Crippen LogP contribution in [-0.2, 0) is 6.42 Å². The van der Waals surface area contributed by atoms with Crippen molar-refractivity contribution in [2.24, 2.45) is 0 Å². The normalized spacial score (nSPS) is 14.2. The Morgan fingerprint density at radius 1 is 1.00 bits per heavy atom. The SMILES string of the molecule is O=C(NC1CC1)c1cc2c(s1)-c1ccccc1N(C(=O)c1ccc(NC(=O)c3ccncc3Br)cc1)CC2. The minimum absolute atomic E-state index is 0.0144. The summed E-state index contributed by atoms with van der Waals surface area (Å²) in [6.45, 7) is 0.498. The highest BCUT2D eigenvalue weighted by Gasteiger charge is 2.29. The van der Waals surface area contributed by atoms with Gasteiger partial charge in [0.15, 0.2) is 0 Å². The molecule has 7 nitrogen and oxygen atoms in total. The first kappa shape index (κ1) is 24.5. The molecule has 0 saturated heterocycles. The van der Waals surface area contributed by atoms with E-state index in [1.807, 2.05) is 30.3 Å². The standard InChI is InChI=1S/C29H23BrN4O3S/c30-23-16-31-13-11-21(23)27(35)32-19-7-5-17(6-8-19)29(37)34-14-12-18-15-25(28(36)33-20-9-10-20)38-26(18)22-3-1-2-4-24(22)34/h1-8,11,13,15-16,20H,9-10,12,14H2,(H,32,35)(H,33,36). The van der Waals surface area contributed by atoms with Crippen molar-refractivity contribution in [2.75, 3.05) is 16.8 Å². The molecule has 1 aliphatic heterocycles. The van der Waals surface area contributed by atoms with E-state index in [1.165, 1.54) is 11.3 Å². The fraction of sp³-hybridized carbons (Fsp3) is 0.172. The lowest BCUT2D eigenvalue weighted by Gasteiger charge is -2.23. The topological polar surface area (TPSA) is 91.4 Å². The minimum atomic E-state index is -0.267. The summed E-state index contributed by atoms with van der Waals surface area (Å²) >= 11 is 4.83. The number of benzene rings is 2. The van der Waals surface area contributed by atoms with Crippen LogP contribution >= 0.6 is 27.3 Å². The number of hydrogen-bond acceptors (Lipinski definition) is 5. The molecule has 190 valence electrons. The maximum Gasteiger partial charge on any atom is 0.261 e. The van der Waals surface area contributed by atoms with Gasteiger partial charge in [-0.3, -0.25) is 19.4 Å². The number of pyridine rings is 1. The molecule has 2 N–H and O–H groups in total. The van der Waals surface area contributed by atoms with Crippen molar-refractivity contribution in [1.82, 2.24) is 10.3 Å². The summed E-state index contributed by atoms with van der Waals surface area (Å²) in [5.74, 6) is -0.398. The van der Waals surface area contributed by atoms with Gasteiger partial charge in [-0.2, -0.15) is 0 Å². The zero-order valence-electron chi connectivity index (χ0n) is 20.2. The molecular weight excluding hydrogens is 564 g/mol. The Morgan fingerprint density at radius 3 is 2.55 bits per heavy atom. The molecule has 0 bridgehead atoms. The number of para-hydroxylation sites is 1. The number of fused-ring (bicyclic) bond motifs is 3. The van der Waals surface area contributed by atoms with Gasteiger partial charge in [0.1, 0.15) is 0 Å². The van der Waals surface area contributed by atoms with Crippen molar-refractivity contribution < 1.29 is 14.4 Å². The highest BCUT2D eigenvalue weighted by molar-refractivity contribution is 9.10. The molecule has 2 aromatic heterocycles. The number of amides is 3. The Balaban J connectivity index is 1.23. The van der Waals surface area contributed by atoms with Crippen molar-refractivity contribution in [1.29, 1.82) is 0 Å². The number of anilines is 2. The van der Waals surface area contributed by atoms with E-state index in [9.17, 15) is 14.4 Å². The number of carbonyl (C=O) groups excluding carboxylic acids is 3. The molecule has 3 amide bonds. The number of hydrogen-bond donors (Lipinski definition) is 2. The summed E-state index contributed by atoms with van der Waals surface area (Å²) in [6.07, 6.45) is 5.87. The average Bonchev–Trinajstić information content (AvgIpc) is 3.67. The quantitative estimate of drug-likeness (QED) is 0.303. The third-order valence-corrected chi connectivity index (χ3v) is 8.48. The predicted molar refractivity (Wildman–Crippen MR) is 152 cm³/mol. The van der Waals surface area contributed by atoms with Gasteiger partial charge in [0.05, 0.1) is 16.1 Å². The van der Waals surface area contributed by atoms with Crippen LogP contribution in [0.3, 0.4) is 0 Å². The van der Waals surface area contributed by atoms with Gasteiger partial charge in [-0.25, -0.2) is 0 Å². The van der Waals surface area contributed by atoms with Gasteiger partial charge in [0.25, 0.3) is 17.7 Å². The van der Waals surface area contributed by atoms with Crippen molar-refractivity contribution in [3.8, 4) is 10.4 Å². The Bertz CT molecular complexity index is 1560. The van der Waals surface area contributed by atoms with E-state index < -0.39 is 0 Å². The highest BCUT2D eigenvalue weighted by Crippen LogP contribution is 2.42. The second-order valence-electron chi connectivity index (χ2n) is 9.32. The third-order valence-electron chi connectivity index (χ3n) is 6.64. The van der Waals surface area contributed by atoms with E-state index >= 15 is 0 Å². The van der Waals surface area contributed by atoms with Crippen LogP contribution < -0.4 is 15.5 Å². The molecule has 1 aliphatic carbocycles. The molecule has 0 radical (unpaired) electrons. The van der Waals surface area contributed by atoms with E-state index in [4.69, 9.17) is 0 Å². The Kier molecular flexibility index (Phi) is 6.55. The number of halogens is 1. The van der Waals surface area contributed by atoms with Gasteiger partial charge in [0.2, 0.25) is 0 Å². The van der Waals surface area contributed by atoms with Crippen molar-refractivity contribution in [3.63, 3.8) is 0 Å². The number of thiophene rings is 1. The van der Waals surface area contributed by atoms with E-state index in [0.717, 1.165) is 34.5 Å². The molecule has 38 heavy (non-hydrogen) atoms. The van der Waals surface area contributed by atoms with Gasteiger partial charge in [0, 0.05) is 51.1 Å². The second kappa shape index (κ2) is 10.2. The van der Waals surface area contributed by atoms with Crippen LogP contribution in [0.25, 0.3) is 10.4 Å². The molecule has 2 aromatic carbocycles. The first-order valence-electron chi connectivity index (χ1n) is 12.3. The molecule has 1 fully saturated rings. The van der Waals surface area contributed by atoms with E-state index in [-0.39, 0.29) is 17.7 Å². The lowest BCUT2D eigenvalue weighted by atomic mass is 10.1. The molecule has 6 rings (SSSR count). The fourth-order valence-corrected chi connectivity index (χ4v) is 6.09. The molecule has 1 saturated carbocycles. The maximum atomic E-state index is 13.7. The number of nitrogens with zero attached hydrogens (tertiary/aromatic N) is 2. The summed E-state index contributed by atoms with van der Waals surface area (Å²) in [7, 11) is 0. The Morgan fingerprint density at radius 2 is 1.79 bits per heavy atom. The lowest BCUT2D eigenvalue weighted by Crippen LogP contribution is -2.32. The van der Waals surface area contributed by atoms with Gasteiger partial charge in [-0.15, -0.1) is 11.3 Å². The summed E-state index contributed by atoms with van der Waals surface area (Å²) in [5.41, 5.74) is 4.45. The maximum absolute atomic E-state index is 13.7. The van der Waals surface area contributed by atoms with Gasteiger partial charge < -0.3 is 15.5 Å². The first-order valence-corrected chi connectivity index (χ1v) is 13.9. The minimum Gasteiger partial charge on any atom is -0.349 e. The first-order chi connectivity index (χ1) is 18.5. The highest BCUT2D eigenvalue weighted by atomic mass is 79.9. The molecule has 0 unspecified atom stereocenters. The number of rotatable bonds is 5. The van der Waals surface area contributed by atoms with Crippen molar-refractivity contribution >= 4 is 56.4 Å². The molecule has 0 atom stereocenters. The molecule has 0 spiro atoms. The predicted octanol–water partition coefficient (Wildman–Crippen LogP) is 5.92. The summed E-state index contributed by atoms with van der Waals surface area (Å²) in [5, 5.41) is 5.93. The lowest BCUT2D eigenvalue weighted by molar-refractivity contribution is 0.0952. The van der Waals surface area contributed by atoms with Crippen molar-refractivity contribution in [3.05, 3.63) is 99.1 Å². The Hall–Kier alpha value is -3.82. The van der Waals surface area contributed by atoms with E-state index in [1.54, 1.807) is 47.6 Å². The third kappa shape index (κ3) is 4.87. The molecule has 9 heteroatoms. The second-order valence-corrected chi connectivity index (χ2v) is 11.2. The van der Waals surface area contributed by atoms with Crippen LogP contribution in [0.1, 0.15) is 48.8 Å². The largest absolute Gasteiger partial charge is 0.349 e. The molecular formula is C29H23BrN4O3S. The monoisotopic (exact) mass is 586 g/mol. The van der Waals surface area contributed by atoms with Crippen LogP contribution in [0.5, 0.6) is 0 Å². The van der Waals surface area contributed by atoms with E-state index in [2.05, 4.69) is 31.5 Å². The summed E-state index contributed by atoms with van der Waals surface area (Å²) in [6, 6.07) is 18.7. The van der Waals surface area contributed by atoms with Crippen LogP contribution in [0.15, 0.2) is 77.5 Å². The molecule has 2 aliphatic rings. The number of nitrogens with one attached hydrogen (secondary N) is 2. The van der Waals surface area contributed by atoms with Crippen molar-refractivity contribution in [2.45, 2.75) is 25.3 Å². The van der Waals surface area contributed by atoms with E-state index in [0.29, 0.717) is 45.2 Å². The van der Waals surface area contributed by atoms with Gasteiger partial charge in [-0.05, 0) is 83.2 Å². The zero-order chi connectivity index (χ0) is 26.2. The van der Waals surface area contributed by atoms with Gasteiger partial charge >= 0.3 is 0 Å². The Labute approximate surface area is 232 Å². The smallest absolute Gasteiger partial charge is 0.261 e. The van der Waals surface area contributed by atoms with Crippen LogP contribution in [0.2, 0.25) is 0 Å². The van der Waals surface area contributed by atoms with Crippen LogP contribution in [0, 0.1) is 0 Å². The zero-order valence-corrected chi connectivity index (χ0v) is 22.6.